The van der Waals surface area contributed by atoms with Crippen molar-refractivity contribution in [2.24, 2.45) is 0 Å². The largest absolute Gasteiger partial charge is 0.377 e. The SMILES string of the molecule is COC(C)(C)CNc1cc(C#N)cc(C)n1. The smallest absolute Gasteiger partial charge is 0.127 e. The van der Waals surface area contributed by atoms with Crippen LogP contribution in [0.25, 0.3) is 0 Å². The van der Waals surface area contributed by atoms with Crippen LogP contribution < -0.4 is 5.32 Å². The van der Waals surface area contributed by atoms with Gasteiger partial charge in [-0.05, 0) is 32.9 Å². The quantitative estimate of drug-likeness (QED) is 0.842. The number of aryl methyl sites for hydroxylation is 1. The first-order valence-corrected chi connectivity index (χ1v) is 5.15. The van der Waals surface area contributed by atoms with E-state index in [2.05, 4.69) is 16.4 Å². The number of aromatic nitrogens is 1. The minimum Gasteiger partial charge on any atom is -0.377 e. The van der Waals surface area contributed by atoms with Gasteiger partial charge >= 0.3 is 0 Å². The van der Waals surface area contributed by atoms with Gasteiger partial charge in [0.05, 0.1) is 17.2 Å². The Balaban J connectivity index is 2.75. The molecule has 0 aliphatic heterocycles. The molecule has 0 aromatic carbocycles. The minimum atomic E-state index is -0.252. The molecule has 0 atom stereocenters. The van der Waals surface area contributed by atoms with E-state index in [0.717, 1.165) is 5.69 Å². The van der Waals surface area contributed by atoms with Crippen molar-refractivity contribution in [1.82, 2.24) is 4.98 Å². The molecule has 1 rings (SSSR count). The van der Waals surface area contributed by atoms with Gasteiger partial charge in [-0.15, -0.1) is 0 Å². The molecule has 0 fully saturated rings. The van der Waals surface area contributed by atoms with Gasteiger partial charge in [0.1, 0.15) is 5.82 Å². The molecule has 0 aliphatic carbocycles. The van der Waals surface area contributed by atoms with Crippen molar-refractivity contribution in [2.45, 2.75) is 26.4 Å². The molecule has 16 heavy (non-hydrogen) atoms. The first-order chi connectivity index (χ1) is 7.46. The van der Waals surface area contributed by atoms with Crippen molar-refractivity contribution < 1.29 is 4.74 Å². The molecule has 0 amide bonds. The van der Waals surface area contributed by atoms with E-state index in [1.165, 1.54) is 0 Å². The van der Waals surface area contributed by atoms with Crippen molar-refractivity contribution in [3.8, 4) is 6.07 Å². The number of rotatable bonds is 4. The highest BCUT2D eigenvalue weighted by Crippen LogP contribution is 2.12. The first-order valence-electron chi connectivity index (χ1n) is 5.15. The summed E-state index contributed by atoms with van der Waals surface area (Å²) in [6.45, 7) is 6.49. The molecule has 0 saturated heterocycles. The summed E-state index contributed by atoms with van der Waals surface area (Å²) in [6.07, 6.45) is 0. The van der Waals surface area contributed by atoms with Crippen molar-refractivity contribution in [2.75, 3.05) is 19.0 Å². The second-order valence-electron chi connectivity index (χ2n) is 4.31. The molecule has 0 unspecified atom stereocenters. The summed E-state index contributed by atoms with van der Waals surface area (Å²) in [6, 6.07) is 5.60. The Kier molecular flexibility index (Phi) is 3.86. The number of ether oxygens (including phenoxy) is 1. The van der Waals surface area contributed by atoms with E-state index in [0.29, 0.717) is 17.9 Å². The van der Waals surface area contributed by atoms with E-state index >= 15 is 0 Å². The standard InChI is InChI=1S/C12H17N3O/c1-9-5-10(7-13)6-11(15-9)14-8-12(2,3)16-4/h5-6H,8H2,1-4H3,(H,14,15). The van der Waals surface area contributed by atoms with E-state index in [-0.39, 0.29) is 5.60 Å². The van der Waals surface area contributed by atoms with Gasteiger partial charge in [-0.25, -0.2) is 4.98 Å². The number of nitriles is 1. The Morgan fingerprint density at radius 2 is 2.19 bits per heavy atom. The summed E-state index contributed by atoms with van der Waals surface area (Å²) in [4.78, 5) is 4.30. The fraction of sp³-hybridized carbons (Fsp3) is 0.500. The van der Waals surface area contributed by atoms with Gasteiger partial charge in [0.25, 0.3) is 0 Å². The van der Waals surface area contributed by atoms with Crippen LogP contribution in [0.5, 0.6) is 0 Å². The monoisotopic (exact) mass is 219 g/mol. The molecule has 0 saturated carbocycles. The molecule has 1 aromatic rings. The molecular weight excluding hydrogens is 202 g/mol. The third-order valence-electron chi connectivity index (χ3n) is 2.33. The summed E-state index contributed by atoms with van der Waals surface area (Å²) in [5, 5.41) is 12.0. The van der Waals surface area contributed by atoms with Crippen molar-refractivity contribution in [3.05, 3.63) is 23.4 Å². The lowest BCUT2D eigenvalue weighted by Crippen LogP contribution is -2.32. The summed E-state index contributed by atoms with van der Waals surface area (Å²) in [7, 11) is 1.67. The van der Waals surface area contributed by atoms with Gasteiger partial charge < -0.3 is 10.1 Å². The molecular formula is C12H17N3O. The second kappa shape index (κ2) is 4.95. The number of hydrogen-bond donors (Lipinski definition) is 1. The lowest BCUT2D eigenvalue weighted by molar-refractivity contribution is 0.0343. The normalized spacial score (nSPS) is 10.9. The van der Waals surface area contributed by atoms with Crippen LogP contribution in [0.1, 0.15) is 25.1 Å². The average Bonchev–Trinajstić information content (AvgIpc) is 2.26. The Bertz CT molecular complexity index is 407. The fourth-order valence-electron chi connectivity index (χ4n) is 1.20. The van der Waals surface area contributed by atoms with E-state index in [9.17, 15) is 0 Å². The number of nitrogens with one attached hydrogen (secondary N) is 1. The van der Waals surface area contributed by atoms with E-state index in [1.54, 1.807) is 19.2 Å². The number of hydrogen-bond acceptors (Lipinski definition) is 4. The topological polar surface area (TPSA) is 57.9 Å². The molecule has 0 radical (unpaired) electrons. The van der Waals surface area contributed by atoms with Crippen molar-refractivity contribution >= 4 is 5.82 Å². The maximum Gasteiger partial charge on any atom is 0.127 e. The predicted octanol–water partition coefficient (Wildman–Crippen LogP) is 2.10. The zero-order chi connectivity index (χ0) is 12.2. The van der Waals surface area contributed by atoms with Crippen LogP contribution >= 0.6 is 0 Å². The highest BCUT2D eigenvalue weighted by molar-refractivity contribution is 5.44. The maximum absolute atomic E-state index is 8.83. The number of pyridine rings is 1. The zero-order valence-electron chi connectivity index (χ0n) is 10.2. The van der Waals surface area contributed by atoms with E-state index in [1.807, 2.05) is 20.8 Å². The van der Waals surface area contributed by atoms with Crippen LogP contribution in [0.4, 0.5) is 5.82 Å². The van der Waals surface area contributed by atoms with Crippen LogP contribution in [0.15, 0.2) is 12.1 Å². The van der Waals surface area contributed by atoms with Crippen LogP contribution in [0, 0.1) is 18.3 Å². The Labute approximate surface area is 96.3 Å². The van der Waals surface area contributed by atoms with Crippen molar-refractivity contribution in [3.63, 3.8) is 0 Å². The van der Waals surface area contributed by atoms with Gasteiger partial charge in [-0.2, -0.15) is 5.26 Å². The molecule has 1 heterocycles. The third-order valence-corrected chi connectivity index (χ3v) is 2.33. The van der Waals surface area contributed by atoms with Crippen LogP contribution in [-0.2, 0) is 4.74 Å². The fourth-order valence-corrected chi connectivity index (χ4v) is 1.20. The third kappa shape index (κ3) is 3.52. The zero-order valence-corrected chi connectivity index (χ0v) is 10.2. The number of nitrogens with zero attached hydrogens (tertiary/aromatic N) is 2. The lowest BCUT2D eigenvalue weighted by Gasteiger charge is -2.23. The van der Waals surface area contributed by atoms with E-state index < -0.39 is 0 Å². The van der Waals surface area contributed by atoms with Crippen molar-refractivity contribution in [1.29, 1.82) is 5.26 Å². The average molecular weight is 219 g/mol. The van der Waals surface area contributed by atoms with Gasteiger partial charge in [-0.3, -0.25) is 0 Å². The van der Waals surface area contributed by atoms with Gasteiger partial charge in [0.2, 0.25) is 0 Å². The van der Waals surface area contributed by atoms with Gasteiger partial charge in [0, 0.05) is 19.3 Å². The number of anilines is 1. The summed E-state index contributed by atoms with van der Waals surface area (Å²) in [5.41, 5.74) is 1.19. The van der Waals surface area contributed by atoms with Gasteiger partial charge in [-0.1, -0.05) is 0 Å². The lowest BCUT2D eigenvalue weighted by atomic mass is 10.1. The first kappa shape index (κ1) is 12.5. The highest BCUT2D eigenvalue weighted by atomic mass is 16.5. The predicted molar refractivity (Wildman–Crippen MR) is 63.3 cm³/mol. The molecule has 1 aromatic heterocycles. The molecule has 4 heteroatoms. The van der Waals surface area contributed by atoms with Gasteiger partial charge in [0.15, 0.2) is 0 Å². The highest BCUT2D eigenvalue weighted by Gasteiger charge is 2.15. The number of methoxy groups -OCH3 is 1. The summed E-state index contributed by atoms with van der Waals surface area (Å²) >= 11 is 0. The van der Waals surface area contributed by atoms with Crippen LogP contribution in [-0.4, -0.2) is 24.2 Å². The second-order valence-corrected chi connectivity index (χ2v) is 4.31. The minimum absolute atomic E-state index is 0.252. The van der Waals surface area contributed by atoms with Crippen LogP contribution in [0.3, 0.4) is 0 Å². The summed E-state index contributed by atoms with van der Waals surface area (Å²) < 4.78 is 5.29. The Morgan fingerprint density at radius 3 is 2.75 bits per heavy atom. The Morgan fingerprint density at radius 1 is 1.50 bits per heavy atom. The maximum atomic E-state index is 8.83. The molecule has 86 valence electrons. The molecule has 4 nitrogen and oxygen atoms in total. The summed E-state index contributed by atoms with van der Waals surface area (Å²) in [5.74, 6) is 0.710. The Hall–Kier alpha value is -1.60. The van der Waals surface area contributed by atoms with E-state index in [4.69, 9.17) is 10.00 Å². The molecule has 1 N–H and O–H groups in total. The molecule has 0 aliphatic rings. The molecule has 0 bridgehead atoms. The molecule has 0 spiro atoms. The van der Waals surface area contributed by atoms with Crippen LogP contribution in [0.2, 0.25) is 0 Å².